The van der Waals surface area contributed by atoms with Crippen LogP contribution in [0, 0.1) is 0 Å². The van der Waals surface area contributed by atoms with Gasteiger partial charge in [0.1, 0.15) is 5.75 Å². The molecule has 7 nitrogen and oxygen atoms in total. The van der Waals surface area contributed by atoms with Gasteiger partial charge >= 0.3 is 12.2 Å². The van der Waals surface area contributed by atoms with Crippen LogP contribution in [0.1, 0.15) is 15.9 Å². The predicted octanol–water partition coefficient (Wildman–Crippen LogP) is 3.41. The second-order valence-electron chi connectivity index (χ2n) is 5.62. The number of ether oxygens (including phenoxy) is 1. The Kier molecular flexibility index (Phi) is 5.50. The quantitative estimate of drug-likeness (QED) is 0.675. The molecule has 0 radical (unpaired) electrons. The second kappa shape index (κ2) is 7.87. The maximum absolute atomic E-state index is 12.8. The molecule has 0 bridgehead atoms. The van der Waals surface area contributed by atoms with E-state index in [2.05, 4.69) is 9.97 Å². The van der Waals surface area contributed by atoms with Crippen molar-refractivity contribution in [1.29, 1.82) is 0 Å². The summed E-state index contributed by atoms with van der Waals surface area (Å²) in [5, 5.41) is 0. The van der Waals surface area contributed by atoms with Gasteiger partial charge in [0.15, 0.2) is 0 Å². The van der Waals surface area contributed by atoms with Crippen molar-refractivity contribution < 1.29 is 31.1 Å². The van der Waals surface area contributed by atoms with E-state index in [0.717, 1.165) is 18.2 Å². The van der Waals surface area contributed by atoms with Crippen molar-refractivity contribution in [3.63, 3.8) is 0 Å². The standard InChI is InChI=1S/C18H12F3N3O4S/c19-18(20,21)13-3-1-4-15(11-13)29(26,27)24-16(25)12-5-7-14(8-6-12)28-17-22-9-2-10-23-17/h1-11H,(H,24,25). The molecule has 1 amide bonds. The lowest BCUT2D eigenvalue weighted by Crippen LogP contribution is -2.30. The first-order valence-electron chi connectivity index (χ1n) is 7.94. The smallest absolute Gasteiger partial charge is 0.416 e. The summed E-state index contributed by atoms with van der Waals surface area (Å²) in [5.41, 5.74) is -1.18. The van der Waals surface area contributed by atoms with Crippen LogP contribution in [0.25, 0.3) is 0 Å². The Balaban J connectivity index is 1.74. The maximum atomic E-state index is 12.8. The molecule has 0 unspecified atom stereocenters. The Morgan fingerprint density at radius 1 is 0.966 bits per heavy atom. The number of sulfonamides is 1. The van der Waals surface area contributed by atoms with Crippen molar-refractivity contribution >= 4 is 15.9 Å². The van der Waals surface area contributed by atoms with Crippen LogP contribution < -0.4 is 9.46 Å². The van der Waals surface area contributed by atoms with E-state index in [1.165, 1.54) is 36.7 Å². The van der Waals surface area contributed by atoms with E-state index in [1.54, 1.807) is 10.8 Å². The lowest BCUT2D eigenvalue weighted by molar-refractivity contribution is -0.137. The monoisotopic (exact) mass is 423 g/mol. The normalized spacial score (nSPS) is 11.7. The second-order valence-corrected chi connectivity index (χ2v) is 7.30. The van der Waals surface area contributed by atoms with Gasteiger partial charge in [-0.3, -0.25) is 4.79 Å². The van der Waals surface area contributed by atoms with E-state index < -0.39 is 32.6 Å². The molecule has 29 heavy (non-hydrogen) atoms. The van der Waals surface area contributed by atoms with E-state index in [0.29, 0.717) is 11.8 Å². The van der Waals surface area contributed by atoms with Crippen molar-refractivity contribution in [1.82, 2.24) is 14.7 Å². The number of carbonyl (C=O) groups is 1. The van der Waals surface area contributed by atoms with E-state index in [-0.39, 0.29) is 11.6 Å². The Morgan fingerprint density at radius 2 is 1.62 bits per heavy atom. The largest absolute Gasteiger partial charge is 0.424 e. The van der Waals surface area contributed by atoms with Crippen LogP contribution in [0.5, 0.6) is 11.8 Å². The minimum Gasteiger partial charge on any atom is -0.424 e. The van der Waals surface area contributed by atoms with Crippen LogP contribution in [-0.4, -0.2) is 24.3 Å². The molecule has 0 fully saturated rings. The van der Waals surface area contributed by atoms with E-state index in [1.807, 2.05) is 0 Å². The van der Waals surface area contributed by atoms with Crippen LogP contribution >= 0.6 is 0 Å². The first-order valence-corrected chi connectivity index (χ1v) is 9.43. The van der Waals surface area contributed by atoms with Gasteiger partial charge in [0.25, 0.3) is 15.9 Å². The Hall–Kier alpha value is -3.47. The topological polar surface area (TPSA) is 98.2 Å². The summed E-state index contributed by atoms with van der Waals surface area (Å²) in [4.78, 5) is 19.3. The summed E-state index contributed by atoms with van der Waals surface area (Å²) in [6.45, 7) is 0. The zero-order chi connectivity index (χ0) is 21.1. The fourth-order valence-corrected chi connectivity index (χ4v) is 3.22. The molecule has 2 aromatic carbocycles. The third kappa shape index (κ3) is 5.08. The highest BCUT2D eigenvalue weighted by Gasteiger charge is 2.32. The van der Waals surface area contributed by atoms with Gasteiger partial charge in [-0.2, -0.15) is 13.2 Å². The molecule has 11 heteroatoms. The average Bonchev–Trinajstić information content (AvgIpc) is 2.68. The number of carbonyl (C=O) groups excluding carboxylic acids is 1. The number of hydrogen-bond acceptors (Lipinski definition) is 6. The number of amides is 1. The van der Waals surface area contributed by atoms with Gasteiger partial charge in [-0.15, -0.1) is 0 Å². The first-order chi connectivity index (χ1) is 13.6. The fourth-order valence-electron chi connectivity index (χ4n) is 2.20. The van der Waals surface area contributed by atoms with E-state index in [4.69, 9.17) is 4.74 Å². The zero-order valence-electron chi connectivity index (χ0n) is 14.4. The Bertz CT molecular complexity index is 1120. The molecule has 3 rings (SSSR count). The van der Waals surface area contributed by atoms with Crippen LogP contribution in [-0.2, 0) is 16.2 Å². The molecule has 150 valence electrons. The highest BCUT2D eigenvalue weighted by molar-refractivity contribution is 7.90. The van der Waals surface area contributed by atoms with Crippen molar-refractivity contribution in [2.75, 3.05) is 0 Å². The Labute approximate surface area is 163 Å². The minimum atomic E-state index is -4.71. The number of nitrogens with zero attached hydrogens (tertiary/aromatic N) is 2. The minimum absolute atomic E-state index is 0.0399. The number of hydrogen-bond donors (Lipinski definition) is 1. The molecular weight excluding hydrogens is 411 g/mol. The maximum Gasteiger partial charge on any atom is 0.416 e. The average molecular weight is 423 g/mol. The van der Waals surface area contributed by atoms with Crippen LogP contribution in [0.3, 0.4) is 0 Å². The van der Waals surface area contributed by atoms with Gasteiger partial charge < -0.3 is 4.74 Å². The number of nitrogens with one attached hydrogen (secondary N) is 1. The van der Waals surface area contributed by atoms with Gasteiger partial charge in [-0.25, -0.2) is 23.1 Å². The fraction of sp³-hybridized carbons (Fsp3) is 0.0556. The van der Waals surface area contributed by atoms with E-state index >= 15 is 0 Å². The molecule has 3 aromatic rings. The molecule has 1 aromatic heterocycles. The van der Waals surface area contributed by atoms with Crippen LogP contribution in [0.4, 0.5) is 13.2 Å². The van der Waals surface area contributed by atoms with Gasteiger partial charge in [0.2, 0.25) is 0 Å². The Morgan fingerprint density at radius 3 is 2.24 bits per heavy atom. The molecule has 0 aliphatic heterocycles. The van der Waals surface area contributed by atoms with Crippen molar-refractivity contribution in [2.24, 2.45) is 0 Å². The van der Waals surface area contributed by atoms with Crippen molar-refractivity contribution in [3.05, 3.63) is 78.1 Å². The molecular formula is C18H12F3N3O4S. The molecule has 0 saturated heterocycles. The molecule has 1 N–H and O–H groups in total. The van der Waals surface area contributed by atoms with Crippen molar-refractivity contribution in [3.8, 4) is 11.8 Å². The molecule has 0 spiro atoms. The zero-order valence-corrected chi connectivity index (χ0v) is 15.2. The number of benzene rings is 2. The number of rotatable bonds is 5. The molecule has 0 aliphatic carbocycles. The number of halogens is 3. The third-order valence-corrected chi connectivity index (χ3v) is 4.90. The molecule has 0 saturated carbocycles. The molecule has 1 heterocycles. The molecule has 0 atom stereocenters. The predicted molar refractivity (Wildman–Crippen MR) is 94.6 cm³/mol. The lowest BCUT2D eigenvalue weighted by atomic mass is 10.2. The summed E-state index contributed by atoms with van der Waals surface area (Å²) >= 11 is 0. The molecule has 0 aliphatic rings. The first kappa shape index (κ1) is 20.3. The lowest BCUT2D eigenvalue weighted by Gasteiger charge is -2.10. The SMILES string of the molecule is O=C(NS(=O)(=O)c1cccc(C(F)(F)F)c1)c1ccc(Oc2ncccn2)cc1. The third-order valence-electron chi connectivity index (χ3n) is 3.57. The summed E-state index contributed by atoms with van der Waals surface area (Å²) in [6, 6.07) is 10.1. The highest BCUT2D eigenvalue weighted by Crippen LogP contribution is 2.30. The van der Waals surface area contributed by atoms with Crippen LogP contribution in [0.2, 0.25) is 0 Å². The van der Waals surface area contributed by atoms with Gasteiger partial charge in [0, 0.05) is 18.0 Å². The summed E-state index contributed by atoms with van der Waals surface area (Å²) in [7, 11) is -4.50. The summed E-state index contributed by atoms with van der Waals surface area (Å²) in [6.07, 6.45) is -1.76. The van der Waals surface area contributed by atoms with Gasteiger partial charge in [0.05, 0.1) is 10.5 Å². The van der Waals surface area contributed by atoms with Gasteiger partial charge in [-0.1, -0.05) is 6.07 Å². The number of alkyl halides is 3. The van der Waals surface area contributed by atoms with Crippen LogP contribution in [0.15, 0.2) is 71.9 Å². The summed E-state index contributed by atoms with van der Waals surface area (Å²) in [5.74, 6) is -0.710. The highest BCUT2D eigenvalue weighted by atomic mass is 32.2. The van der Waals surface area contributed by atoms with Gasteiger partial charge in [-0.05, 0) is 48.5 Å². The summed E-state index contributed by atoms with van der Waals surface area (Å²) < 4.78 is 69.9. The number of aromatic nitrogens is 2. The van der Waals surface area contributed by atoms with Crippen molar-refractivity contribution in [2.45, 2.75) is 11.1 Å². The van der Waals surface area contributed by atoms with E-state index in [9.17, 15) is 26.4 Å².